The summed E-state index contributed by atoms with van der Waals surface area (Å²) in [5.41, 5.74) is 3.07. The second-order valence-corrected chi connectivity index (χ2v) is 4.06. The Morgan fingerprint density at radius 1 is 1.38 bits per heavy atom. The number of hydrogen-bond donors (Lipinski definition) is 0. The Morgan fingerprint density at radius 3 is 2.92 bits per heavy atom. The Hall–Kier alpha value is -0.820. The molecule has 2 rings (SSSR count). The minimum atomic E-state index is 0.231. The average Bonchev–Trinajstić information content (AvgIpc) is 2.19. The van der Waals surface area contributed by atoms with E-state index < -0.39 is 0 Å². The molecule has 1 aromatic rings. The molecule has 0 N–H and O–H groups in total. The van der Waals surface area contributed by atoms with Crippen molar-refractivity contribution in [3.8, 4) is 0 Å². The second-order valence-electron chi connectivity index (χ2n) is 4.06. The summed E-state index contributed by atoms with van der Waals surface area (Å²) in [6.07, 6.45) is 1.14. The fourth-order valence-electron chi connectivity index (χ4n) is 1.99. The number of rotatable bonds is 1. The van der Waals surface area contributed by atoms with E-state index >= 15 is 0 Å². The van der Waals surface area contributed by atoms with Crippen molar-refractivity contribution in [1.29, 1.82) is 0 Å². The van der Waals surface area contributed by atoms with Crippen molar-refractivity contribution in [3.63, 3.8) is 0 Å². The zero-order valence-corrected chi connectivity index (χ0v) is 8.34. The summed E-state index contributed by atoms with van der Waals surface area (Å²) in [7, 11) is 0. The van der Waals surface area contributed by atoms with Crippen molar-refractivity contribution >= 4 is 0 Å². The Labute approximate surface area is 79.7 Å². The highest BCUT2D eigenvalue weighted by molar-refractivity contribution is 5.34. The summed E-state index contributed by atoms with van der Waals surface area (Å²) in [5, 5.41) is 0. The summed E-state index contributed by atoms with van der Waals surface area (Å²) in [6.45, 7) is 6.16. The molecular formula is C12H16O. The molecule has 0 amide bonds. The number of benzene rings is 1. The molecule has 0 saturated heterocycles. The van der Waals surface area contributed by atoms with Crippen molar-refractivity contribution in [1.82, 2.24) is 0 Å². The third-order valence-electron chi connectivity index (χ3n) is 3.13. The fourth-order valence-corrected chi connectivity index (χ4v) is 1.99. The molecule has 1 aliphatic heterocycles. The predicted octanol–water partition coefficient (Wildman–Crippen LogP) is 2.88. The molecule has 13 heavy (non-hydrogen) atoms. The van der Waals surface area contributed by atoms with Gasteiger partial charge in [0, 0.05) is 5.41 Å². The highest BCUT2D eigenvalue weighted by Gasteiger charge is 2.30. The van der Waals surface area contributed by atoms with Crippen LogP contribution in [0.25, 0.3) is 0 Å². The molecule has 1 aliphatic rings. The minimum Gasteiger partial charge on any atom is -0.376 e. The predicted molar refractivity (Wildman–Crippen MR) is 53.7 cm³/mol. The van der Waals surface area contributed by atoms with Crippen LogP contribution in [0.3, 0.4) is 0 Å². The standard InChI is InChI=1S/C12H16O/c1-3-12(2)9-13-8-10-6-4-5-7-11(10)12/h4-7H,3,8-9H2,1-2H3. The lowest BCUT2D eigenvalue weighted by Crippen LogP contribution is -2.32. The van der Waals surface area contributed by atoms with Crippen LogP contribution in [0.5, 0.6) is 0 Å². The van der Waals surface area contributed by atoms with Crippen LogP contribution in [0.1, 0.15) is 31.4 Å². The van der Waals surface area contributed by atoms with Gasteiger partial charge in [0.15, 0.2) is 0 Å². The maximum atomic E-state index is 5.60. The lowest BCUT2D eigenvalue weighted by molar-refractivity contribution is 0.0560. The van der Waals surface area contributed by atoms with Crippen LogP contribution in [0.2, 0.25) is 0 Å². The Morgan fingerprint density at radius 2 is 2.15 bits per heavy atom. The molecule has 0 spiro atoms. The number of ether oxygens (including phenoxy) is 1. The molecule has 1 unspecified atom stereocenters. The van der Waals surface area contributed by atoms with E-state index in [1.807, 2.05) is 0 Å². The Kier molecular flexibility index (Phi) is 2.12. The molecule has 0 aromatic heterocycles. The van der Waals surface area contributed by atoms with Gasteiger partial charge in [-0.2, -0.15) is 0 Å². The molecule has 0 fully saturated rings. The van der Waals surface area contributed by atoms with Gasteiger partial charge < -0.3 is 4.74 Å². The Bertz CT molecular complexity index is 306. The van der Waals surface area contributed by atoms with E-state index in [2.05, 4.69) is 38.1 Å². The van der Waals surface area contributed by atoms with Gasteiger partial charge in [-0.05, 0) is 17.5 Å². The average molecular weight is 176 g/mol. The quantitative estimate of drug-likeness (QED) is 0.639. The van der Waals surface area contributed by atoms with Gasteiger partial charge >= 0.3 is 0 Å². The summed E-state index contributed by atoms with van der Waals surface area (Å²) in [6, 6.07) is 8.62. The molecule has 0 bridgehead atoms. The molecular weight excluding hydrogens is 160 g/mol. The minimum absolute atomic E-state index is 0.231. The third-order valence-corrected chi connectivity index (χ3v) is 3.13. The second kappa shape index (κ2) is 3.15. The molecule has 0 aliphatic carbocycles. The van der Waals surface area contributed by atoms with E-state index in [0.29, 0.717) is 0 Å². The van der Waals surface area contributed by atoms with Crippen LogP contribution in [0.4, 0.5) is 0 Å². The van der Waals surface area contributed by atoms with Gasteiger partial charge in [-0.15, -0.1) is 0 Å². The van der Waals surface area contributed by atoms with Crippen LogP contribution in [0, 0.1) is 0 Å². The molecule has 70 valence electrons. The lowest BCUT2D eigenvalue weighted by atomic mass is 9.77. The first kappa shape index (κ1) is 8.76. The molecule has 1 atom stereocenters. The van der Waals surface area contributed by atoms with Crippen LogP contribution in [-0.4, -0.2) is 6.61 Å². The monoisotopic (exact) mass is 176 g/mol. The highest BCUT2D eigenvalue weighted by atomic mass is 16.5. The summed E-state index contributed by atoms with van der Waals surface area (Å²) >= 11 is 0. The van der Waals surface area contributed by atoms with Crippen molar-refractivity contribution < 1.29 is 4.74 Å². The van der Waals surface area contributed by atoms with Crippen molar-refractivity contribution in [3.05, 3.63) is 35.4 Å². The summed E-state index contributed by atoms with van der Waals surface area (Å²) in [5.74, 6) is 0. The summed E-state index contributed by atoms with van der Waals surface area (Å²) in [4.78, 5) is 0. The first-order chi connectivity index (χ1) is 6.26. The number of hydrogen-bond acceptors (Lipinski definition) is 1. The van der Waals surface area contributed by atoms with Gasteiger partial charge in [-0.3, -0.25) is 0 Å². The van der Waals surface area contributed by atoms with Gasteiger partial charge in [-0.25, -0.2) is 0 Å². The lowest BCUT2D eigenvalue weighted by Gasteiger charge is -2.34. The zero-order valence-electron chi connectivity index (χ0n) is 8.34. The van der Waals surface area contributed by atoms with E-state index in [0.717, 1.165) is 19.6 Å². The van der Waals surface area contributed by atoms with E-state index in [-0.39, 0.29) is 5.41 Å². The highest BCUT2D eigenvalue weighted by Crippen LogP contribution is 2.34. The molecule has 1 heteroatoms. The maximum absolute atomic E-state index is 5.60. The molecule has 1 nitrogen and oxygen atoms in total. The topological polar surface area (TPSA) is 9.23 Å². The largest absolute Gasteiger partial charge is 0.376 e. The van der Waals surface area contributed by atoms with Gasteiger partial charge in [-0.1, -0.05) is 38.1 Å². The van der Waals surface area contributed by atoms with E-state index in [1.54, 1.807) is 0 Å². The first-order valence-corrected chi connectivity index (χ1v) is 4.92. The van der Waals surface area contributed by atoms with Crippen LogP contribution < -0.4 is 0 Å². The van der Waals surface area contributed by atoms with E-state index in [1.165, 1.54) is 11.1 Å². The fraction of sp³-hybridized carbons (Fsp3) is 0.500. The maximum Gasteiger partial charge on any atom is 0.0720 e. The van der Waals surface area contributed by atoms with Crippen molar-refractivity contribution in [2.24, 2.45) is 0 Å². The van der Waals surface area contributed by atoms with Gasteiger partial charge in [0.1, 0.15) is 0 Å². The normalized spacial score (nSPS) is 26.9. The SMILES string of the molecule is CCC1(C)COCc2ccccc21. The molecule has 1 aromatic carbocycles. The molecule has 0 radical (unpaired) electrons. The van der Waals surface area contributed by atoms with Crippen LogP contribution >= 0.6 is 0 Å². The zero-order chi connectivity index (χ0) is 9.31. The molecule has 1 heterocycles. The van der Waals surface area contributed by atoms with Crippen LogP contribution in [-0.2, 0) is 16.8 Å². The van der Waals surface area contributed by atoms with Gasteiger partial charge in [0.2, 0.25) is 0 Å². The van der Waals surface area contributed by atoms with Gasteiger partial charge in [0.05, 0.1) is 13.2 Å². The Balaban J connectivity index is 2.48. The van der Waals surface area contributed by atoms with Gasteiger partial charge in [0.25, 0.3) is 0 Å². The van der Waals surface area contributed by atoms with E-state index in [4.69, 9.17) is 4.74 Å². The van der Waals surface area contributed by atoms with E-state index in [9.17, 15) is 0 Å². The third kappa shape index (κ3) is 1.37. The first-order valence-electron chi connectivity index (χ1n) is 4.92. The number of fused-ring (bicyclic) bond motifs is 1. The molecule has 0 saturated carbocycles. The summed E-state index contributed by atoms with van der Waals surface area (Å²) < 4.78 is 5.60. The van der Waals surface area contributed by atoms with Crippen molar-refractivity contribution in [2.75, 3.05) is 6.61 Å². The smallest absolute Gasteiger partial charge is 0.0720 e. The van der Waals surface area contributed by atoms with Crippen LogP contribution in [0.15, 0.2) is 24.3 Å². The van der Waals surface area contributed by atoms with Crippen molar-refractivity contribution in [2.45, 2.75) is 32.3 Å².